The maximum atomic E-state index is 13.1. The van der Waals surface area contributed by atoms with Crippen LogP contribution in [0.2, 0.25) is 0 Å². The number of nitrogens with one attached hydrogen (secondary N) is 1. The molecule has 2 rings (SSSR count). The predicted molar refractivity (Wildman–Crippen MR) is 71.9 cm³/mol. The number of anilines is 3. The van der Waals surface area contributed by atoms with E-state index in [-0.39, 0.29) is 5.82 Å². The Bertz CT molecular complexity index is 614. The van der Waals surface area contributed by atoms with Crippen LogP contribution in [0.5, 0.6) is 0 Å². The molecule has 0 amide bonds. The highest BCUT2D eigenvalue weighted by atomic mass is 19.1. The highest BCUT2D eigenvalue weighted by molar-refractivity contribution is 5.90. The third-order valence-electron chi connectivity index (χ3n) is 2.58. The zero-order chi connectivity index (χ0) is 13.8. The molecule has 0 fully saturated rings. The molecule has 4 nitrogen and oxygen atoms in total. The number of carbonyl (C=O) groups is 1. The monoisotopic (exact) mass is 260 g/mol. The summed E-state index contributed by atoms with van der Waals surface area (Å²) in [6.07, 6.45) is 0. The van der Waals surface area contributed by atoms with Crippen molar-refractivity contribution in [2.24, 2.45) is 0 Å². The van der Waals surface area contributed by atoms with Crippen molar-refractivity contribution in [2.75, 3.05) is 18.2 Å². The minimum atomic E-state index is -0.434. The van der Waals surface area contributed by atoms with Crippen molar-refractivity contribution in [1.82, 2.24) is 0 Å². The number of rotatable bonds is 3. The Labute approximate surface area is 110 Å². The van der Waals surface area contributed by atoms with Crippen LogP contribution in [0, 0.1) is 5.82 Å². The van der Waals surface area contributed by atoms with Crippen LogP contribution in [0.1, 0.15) is 10.4 Å². The first-order valence-electron chi connectivity index (χ1n) is 5.60. The molecule has 0 unspecified atom stereocenters. The van der Waals surface area contributed by atoms with Crippen molar-refractivity contribution in [2.45, 2.75) is 0 Å². The highest BCUT2D eigenvalue weighted by Gasteiger charge is 2.07. The van der Waals surface area contributed by atoms with Gasteiger partial charge in [-0.3, -0.25) is 0 Å². The molecular formula is C14H13FN2O2. The van der Waals surface area contributed by atoms with Gasteiger partial charge in [-0.1, -0.05) is 6.07 Å². The second-order valence-corrected chi connectivity index (χ2v) is 3.93. The summed E-state index contributed by atoms with van der Waals surface area (Å²) >= 11 is 0. The number of halogens is 1. The largest absolute Gasteiger partial charge is 0.465 e. The van der Waals surface area contributed by atoms with Gasteiger partial charge in [-0.05, 0) is 36.4 Å². The van der Waals surface area contributed by atoms with Crippen molar-refractivity contribution in [3.8, 4) is 0 Å². The summed E-state index contributed by atoms with van der Waals surface area (Å²) in [5.41, 5.74) is 7.64. The molecule has 0 heterocycles. The number of ether oxygens (including phenoxy) is 1. The summed E-state index contributed by atoms with van der Waals surface area (Å²) in [5, 5.41) is 2.96. The van der Waals surface area contributed by atoms with Crippen LogP contribution >= 0.6 is 0 Å². The molecule has 5 heteroatoms. The SMILES string of the molecule is COC(=O)c1cccc(Nc2cc(F)ccc2N)c1. The second kappa shape index (κ2) is 5.39. The summed E-state index contributed by atoms with van der Waals surface area (Å²) in [7, 11) is 1.31. The first-order valence-corrected chi connectivity index (χ1v) is 5.60. The van der Waals surface area contributed by atoms with Gasteiger partial charge in [0, 0.05) is 5.69 Å². The van der Waals surface area contributed by atoms with Gasteiger partial charge in [-0.15, -0.1) is 0 Å². The molecule has 0 aliphatic carbocycles. The molecule has 0 aliphatic heterocycles. The summed E-state index contributed by atoms with van der Waals surface area (Å²) in [6, 6.07) is 10.7. The summed E-state index contributed by atoms with van der Waals surface area (Å²) in [4.78, 5) is 11.4. The molecule has 0 aromatic heterocycles. The Kier molecular flexibility index (Phi) is 3.66. The van der Waals surface area contributed by atoms with Gasteiger partial charge in [0.15, 0.2) is 0 Å². The van der Waals surface area contributed by atoms with Gasteiger partial charge in [0.05, 0.1) is 24.0 Å². The molecule has 2 aromatic carbocycles. The van der Waals surface area contributed by atoms with E-state index in [0.717, 1.165) is 0 Å². The summed E-state index contributed by atoms with van der Waals surface area (Å²) in [6.45, 7) is 0. The number of nitrogen functional groups attached to an aromatic ring is 1. The highest BCUT2D eigenvalue weighted by Crippen LogP contribution is 2.24. The van der Waals surface area contributed by atoms with Crippen LogP contribution in [0.3, 0.4) is 0 Å². The second-order valence-electron chi connectivity index (χ2n) is 3.93. The van der Waals surface area contributed by atoms with Crippen molar-refractivity contribution in [3.05, 3.63) is 53.8 Å². The van der Waals surface area contributed by atoms with Crippen LogP contribution in [-0.2, 0) is 4.74 Å². The van der Waals surface area contributed by atoms with Crippen molar-refractivity contribution < 1.29 is 13.9 Å². The number of hydrogen-bond donors (Lipinski definition) is 2. The molecule has 0 saturated carbocycles. The van der Waals surface area contributed by atoms with E-state index in [4.69, 9.17) is 5.73 Å². The van der Waals surface area contributed by atoms with Gasteiger partial charge < -0.3 is 15.8 Å². The number of carbonyl (C=O) groups excluding carboxylic acids is 1. The van der Waals surface area contributed by atoms with E-state index < -0.39 is 5.97 Å². The normalized spacial score (nSPS) is 10.0. The van der Waals surface area contributed by atoms with E-state index in [0.29, 0.717) is 22.6 Å². The molecular weight excluding hydrogens is 247 g/mol. The van der Waals surface area contributed by atoms with E-state index in [9.17, 15) is 9.18 Å². The molecule has 0 saturated heterocycles. The van der Waals surface area contributed by atoms with Crippen LogP contribution in [0.25, 0.3) is 0 Å². The lowest BCUT2D eigenvalue weighted by molar-refractivity contribution is 0.0601. The zero-order valence-corrected chi connectivity index (χ0v) is 10.3. The van der Waals surface area contributed by atoms with E-state index in [1.54, 1.807) is 24.3 Å². The lowest BCUT2D eigenvalue weighted by Crippen LogP contribution is -2.02. The Morgan fingerprint density at radius 1 is 1.26 bits per heavy atom. The molecule has 0 bridgehead atoms. The lowest BCUT2D eigenvalue weighted by Gasteiger charge is -2.10. The van der Waals surface area contributed by atoms with Gasteiger partial charge in [0.25, 0.3) is 0 Å². The fraction of sp³-hybridized carbons (Fsp3) is 0.0714. The smallest absolute Gasteiger partial charge is 0.337 e. The van der Waals surface area contributed by atoms with E-state index in [1.807, 2.05) is 0 Å². The Balaban J connectivity index is 2.28. The summed E-state index contributed by atoms with van der Waals surface area (Å²) < 4.78 is 17.8. The lowest BCUT2D eigenvalue weighted by atomic mass is 10.2. The fourth-order valence-corrected chi connectivity index (χ4v) is 1.63. The number of esters is 1. The van der Waals surface area contributed by atoms with E-state index >= 15 is 0 Å². The van der Waals surface area contributed by atoms with Crippen LogP contribution < -0.4 is 11.1 Å². The molecule has 0 spiro atoms. The van der Waals surface area contributed by atoms with Gasteiger partial charge in [-0.25, -0.2) is 9.18 Å². The Morgan fingerprint density at radius 3 is 2.79 bits per heavy atom. The average Bonchev–Trinajstić information content (AvgIpc) is 2.42. The first kappa shape index (κ1) is 12.9. The van der Waals surface area contributed by atoms with E-state index in [1.165, 1.54) is 25.3 Å². The molecule has 0 atom stereocenters. The Hall–Kier alpha value is -2.56. The minimum Gasteiger partial charge on any atom is -0.465 e. The first-order chi connectivity index (χ1) is 9.10. The van der Waals surface area contributed by atoms with Crippen molar-refractivity contribution in [1.29, 1.82) is 0 Å². The zero-order valence-electron chi connectivity index (χ0n) is 10.3. The van der Waals surface area contributed by atoms with Gasteiger partial charge in [0.1, 0.15) is 5.82 Å². The standard InChI is InChI=1S/C14H13FN2O2/c1-19-14(18)9-3-2-4-11(7-9)17-13-8-10(15)5-6-12(13)16/h2-8,17H,16H2,1H3. The fourth-order valence-electron chi connectivity index (χ4n) is 1.63. The maximum absolute atomic E-state index is 13.1. The third-order valence-corrected chi connectivity index (χ3v) is 2.58. The van der Waals surface area contributed by atoms with Crippen molar-refractivity contribution in [3.63, 3.8) is 0 Å². The predicted octanol–water partition coefficient (Wildman–Crippen LogP) is 2.94. The number of benzene rings is 2. The number of nitrogens with two attached hydrogens (primary N) is 1. The van der Waals surface area contributed by atoms with Crippen molar-refractivity contribution >= 4 is 23.0 Å². The third kappa shape index (κ3) is 3.01. The van der Waals surface area contributed by atoms with Crippen LogP contribution in [0.15, 0.2) is 42.5 Å². The molecule has 0 aliphatic rings. The topological polar surface area (TPSA) is 64.3 Å². The summed E-state index contributed by atoms with van der Waals surface area (Å²) in [5.74, 6) is -0.823. The maximum Gasteiger partial charge on any atom is 0.337 e. The number of hydrogen-bond acceptors (Lipinski definition) is 4. The molecule has 2 aromatic rings. The Morgan fingerprint density at radius 2 is 2.05 bits per heavy atom. The minimum absolute atomic E-state index is 0.388. The molecule has 0 radical (unpaired) electrons. The van der Waals surface area contributed by atoms with Crippen LogP contribution in [-0.4, -0.2) is 13.1 Å². The van der Waals surface area contributed by atoms with E-state index in [2.05, 4.69) is 10.1 Å². The molecule has 3 N–H and O–H groups in total. The van der Waals surface area contributed by atoms with Gasteiger partial charge in [0.2, 0.25) is 0 Å². The van der Waals surface area contributed by atoms with Crippen LogP contribution in [0.4, 0.5) is 21.5 Å². The van der Waals surface area contributed by atoms with Gasteiger partial charge >= 0.3 is 5.97 Å². The van der Waals surface area contributed by atoms with Gasteiger partial charge in [-0.2, -0.15) is 0 Å². The molecule has 19 heavy (non-hydrogen) atoms. The molecule has 98 valence electrons. The quantitative estimate of drug-likeness (QED) is 0.658. The average molecular weight is 260 g/mol. The number of methoxy groups -OCH3 is 1.